The largest absolute Gasteiger partial charge is 0.471 e. The molecular weight excluding hydrogens is 132 g/mol. The van der Waals surface area contributed by atoms with E-state index in [2.05, 4.69) is 17.9 Å². The zero-order valence-corrected chi connectivity index (χ0v) is 5.73. The predicted octanol–water partition coefficient (Wildman–Crippen LogP) is 0.402. The predicted molar refractivity (Wildman–Crippen MR) is 38.1 cm³/mol. The molecule has 10 heavy (non-hydrogen) atoms. The van der Waals surface area contributed by atoms with Crippen molar-refractivity contribution < 1.29 is 14.9 Å². The molecule has 2 unspecified atom stereocenters. The van der Waals surface area contributed by atoms with Crippen LogP contribution >= 0.6 is 0 Å². The lowest BCUT2D eigenvalue weighted by atomic mass is 10.2. The van der Waals surface area contributed by atoms with Crippen LogP contribution in [0.15, 0.2) is 25.5 Å². The van der Waals surface area contributed by atoms with E-state index in [1.54, 1.807) is 0 Å². The molecule has 0 amide bonds. The summed E-state index contributed by atoms with van der Waals surface area (Å²) in [6.45, 7) is 6.61. The first-order chi connectivity index (χ1) is 4.72. The number of ether oxygens (including phenoxy) is 1. The van der Waals surface area contributed by atoms with Crippen LogP contribution in [0.25, 0.3) is 0 Å². The highest BCUT2D eigenvalue weighted by molar-refractivity contribution is 4.74. The van der Waals surface area contributed by atoms with E-state index >= 15 is 0 Å². The van der Waals surface area contributed by atoms with Crippen LogP contribution in [0, 0.1) is 0 Å². The molecule has 0 bridgehead atoms. The molecule has 3 heteroatoms. The Labute approximate surface area is 60.3 Å². The Kier molecular flexibility index (Phi) is 4.62. The molecule has 2 N–H and O–H groups in total. The minimum Gasteiger partial charge on any atom is -0.471 e. The van der Waals surface area contributed by atoms with Crippen molar-refractivity contribution in [3.8, 4) is 0 Å². The van der Waals surface area contributed by atoms with Gasteiger partial charge in [0.05, 0.1) is 6.26 Å². The molecule has 0 spiro atoms. The van der Waals surface area contributed by atoms with Gasteiger partial charge in [-0.2, -0.15) is 0 Å². The first-order valence-corrected chi connectivity index (χ1v) is 2.95. The quantitative estimate of drug-likeness (QED) is 0.333. The van der Waals surface area contributed by atoms with Crippen molar-refractivity contribution >= 4 is 0 Å². The van der Waals surface area contributed by atoms with Gasteiger partial charge in [-0.25, -0.2) is 0 Å². The highest BCUT2D eigenvalue weighted by atomic mass is 16.6. The number of aliphatic hydroxyl groups excluding tert-OH is 2. The molecule has 0 saturated heterocycles. The summed E-state index contributed by atoms with van der Waals surface area (Å²) in [4.78, 5) is 0. The molecule has 58 valence electrons. The highest BCUT2D eigenvalue weighted by Crippen LogP contribution is 2.00. The second-order valence-electron chi connectivity index (χ2n) is 1.79. The molecule has 0 aromatic carbocycles. The van der Waals surface area contributed by atoms with Crippen molar-refractivity contribution in [3.05, 3.63) is 25.5 Å². The van der Waals surface area contributed by atoms with Gasteiger partial charge in [-0.3, -0.25) is 0 Å². The first kappa shape index (κ1) is 9.20. The van der Waals surface area contributed by atoms with Crippen LogP contribution in [0.1, 0.15) is 6.42 Å². The Morgan fingerprint density at radius 3 is 2.40 bits per heavy atom. The Hall–Kier alpha value is -0.800. The molecule has 0 aliphatic carbocycles. The van der Waals surface area contributed by atoms with Crippen LogP contribution in [-0.4, -0.2) is 22.6 Å². The average molecular weight is 144 g/mol. The first-order valence-electron chi connectivity index (χ1n) is 2.95. The van der Waals surface area contributed by atoms with Crippen LogP contribution < -0.4 is 0 Å². The maximum Gasteiger partial charge on any atom is 0.223 e. The lowest BCUT2D eigenvalue weighted by Gasteiger charge is -2.14. The molecule has 0 aromatic heterocycles. The average Bonchev–Trinajstić information content (AvgIpc) is 1.89. The molecular formula is C7H12O3. The lowest BCUT2D eigenvalue weighted by molar-refractivity contribution is -0.126. The van der Waals surface area contributed by atoms with Crippen LogP contribution in [0.4, 0.5) is 0 Å². The molecule has 2 atom stereocenters. The van der Waals surface area contributed by atoms with Crippen LogP contribution in [-0.2, 0) is 4.74 Å². The number of hydrogen-bond donors (Lipinski definition) is 2. The van der Waals surface area contributed by atoms with Crippen molar-refractivity contribution in [2.24, 2.45) is 0 Å². The highest BCUT2D eigenvalue weighted by Gasteiger charge is 2.13. The monoisotopic (exact) mass is 144 g/mol. The molecule has 0 aromatic rings. The van der Waals surface area contributed by atoms with Gasteiger partial charge in [0.25, 0.3) is 0 Å². The van der Waals surface area contributed by atoms with Crippen molar-refractivity contribution in [2.45, 2.75) is 18.8 Å². The SMILES string of the molecule is C=CCC(O)C(O)OC=C. The summed E-state index contributed by atoms with van der Waals surface area (Å²) in [5.74, 6) is 0. The number of rotatable bonds is 5. The Bertz CT molecular complexity index is 97.4. The minimum atomic E-state index is -1.20. The molecule has 0 radical (unpaired) electrons. The minimum absolute atomic E-state index is 0.301. The fourth-order valence-corrected chi connectivity index (χ4v) is 0.476. The molecule has 3 nitrogen and oxygen atoms in total. The van der Waals surface area contributed by atoms with Gasteiger partial charge in [-0.05, 0) is 6.42 Å². The van der Waals surface area contributed by atoms with Gasteiger partial charge in [0, 0.05) is 0 Å². The maximum absolute atomic E-state index is 8.95. The van der Waals surface area contributed by atoms with E-state index < -0.39 is 12.4 Å². The normalized spacial score (nSPS) is 15.4. The molecule has 0 saturated carbocycles. The molecule has 0 heterocycles. The van der Waals surface area contributed by atoms with Gasteiger partial charge in [0.2, 0.25) is 6.29 Å². The Morgan fingerprint density at radius 1 is 1.40 bits per heavy atom. The van der Waals surface area contributed by atoms with E-state index in [0.29, 0.717) is 6.42 Å². The van der Waals surface area contributed by atoms with Gasteiger partial charge in [0.1, 0.15) is 6.10 Å². The fourth-order valence-electron chi connectivity index (χ4n) is 0.476. The van der Waals surface area contributed by atoms with E-state index in [0.717, 1.165) is 6.26 Å². The second kappa shape index (κ2) is 5.02. The summed E-state index contributed by atoms with van der Waals surface area (Å²) in [6, 6.07) is 0. The summed E-state index contributed by atoms with van der Waals surface area (Å²) in [7, 11) is 0. The summed E-state index contributed by atoms with van der Waals surface area (Å²) >= 11 is 0. The third-order valence-electron chi connectivity index (χ3n) is 0.973. The van der Waals surface area contributed by atoms with E-state index in [-0.39, 0.29) is 0 Å². The summed E-state index contributed by atoms with van der Waals surface area (Å²) in [5, 5.41) is 17.8. The topological polar surface area (TPSA) is 49.7 Å². The Balaban J connectivity index is 3.56. The molecule has 0 rings (SSSR count). The van der Waals surface area contributed by atoms with Crippen LogP contribution in [0.3, 0.4) is 0 Å². The van der Waals surface area contributed by atoms with Gasteiger partial charge < -0.3 is 14.9 Å². The third-order valence-corrected chi connectivity index (χ3v) is 0.973. The lowest BCUT2D eigenvalue weighted by Crippen LogP contribution is -2.26. The van der Waals surface area contributed by atoms with Gasteiger partial charge >= 0.3 is 0 Å². The zero-order chi connectivity index (χ0) is 7.98. The smallest absolute Gasteiger partial charge is 0.223 e. The standard InChI is InChI=1S/C7H12O3/c1-3-5-6(8)7(9)10-4-2/h3-4,6-9H,1-2,5H2. The van der Waals surface area contributed by atoms with Gasteiger partial charge in [0.15, 0.2) is 0 Å². The molecule has 0 aliphatic heterocycles. The maximum atomic E-state index is 8.95. The second-order valence-corrected chi connectivity index (χ2v) is 1.79. The van der Waals surface area contributed by atoms with Gasteiger partial charge in [-0.1, -0.05) is 12.7 Å². The van der Waals surface area contributed by atoms with Crippen LogP contribution in [0.5, 0.6) is 0 Å². The van der Waals surface area contributed by atoms with Crippen molar-refractivity contribution in [1.29, 1.82) is 0 Å². The number of hydrogen-bond acceptors (Lipinski definition) is 3. The van der Waals surface area contributed by atoms with E-state index in [4.69, 9.17) is 10.2 Å². The van der Waals surface area contributed by atoms with Crippen molar-refractivity contribution in [1.82, 2.24) is 0 Å². The van der Waals surface area contributed by atoms with Gasteiger partial charge in [-0.15, -0.1) is 6.58 Å². The van der Waals surface area contributed by atoms with Crippen molar-refractivity contribution in [2.75, 3.05) is 0 Å². The number of aliphatic hydroxyl groups is 2. The Morgan fingerprint density at radius 2 is 2.00 bits per heavy atom. The fraction of sp³-hybridized carbons (Fsp3) is 0.429. The van der Waals surface area contributed by atoms with E-state index in [1.807, 2.05) is 0 Å². The van der Waals surface area contributed by atoms with E-state index in [9.17, 15) is 0 Å². The van der Waals surface area contributed by atoms with Crippen LogP contribution in [0.2, 0.25) is 0 Å². The third kappa shape index (κ3) is 3.27. The zero-order valence-electron chi connectivity index (χ0n) is 5.73. The summed E-state index contributed by atoms with van der Waals surface area (Å²) in [5.41, 5.74) is 0. The molecule has 0 fully saturated rings. The summed E-state index contributed by atoms with van der Waals surface area (Å²) in [6.07, 6.45) is 0.762. The van der Waals surface area contributed by atoms with E-state index in [1.165, 1.54) is 6.08 Å². The van der Waals surface area contributed by atoms with Crippen molar-refractivity contribution in [3.63, 3.8) is 0 Å². The summed E-state index contributed by atoms with van der Waals surface area (Å²) < 4.78 is 4.48. The molecule has 0 aliphatic rings.